The second-order valence-corrected chi connectivity index (χ2v) is 5.79. The second kappa shape index (κ2) is 4.10. The van der Waals surface area contributed by atoms with E-state index in [0.29, 0.717) is 22.1 Å². The Labute approximate surface area is 101 Å². The number of halogens is 2. The Hall–Kier alpha value is -0.0100. The molecule has 1 nitrogen and oxygen atoms in total. The van der Waals surface area contributed by atoms with E-state index >= 15 is 0 Å². The molecule has 0 saturated heterocycles. The Kier molecular flexibility index (Phi) is 3.14. The Morgan fingerprint density at radius 1 is 1.27 bits per heavy atom. The Morgan fingerprint density at radius 2 is 1.93 bits per heavy atom. The summed E-state index contributed by atoms with van der Waals surface area (Å²) in [6.45, 7) is 4.24. The molecule has 2 rings (SSSR count). The van der Waals surface area contributed by atoms with Crippen LogP contribution in [0.2, 0.25) is 0 Å². The summed E-state index contributed by atoms with van der Waals surface area (Å²) in [6, 6.07) is 0. The molecule has 0 bridgehead atoms. The van der Waals surface area contributed by atoms with Gasteiger partial charge in [0.15, 0.2) is 0 Å². The molecule has 0 aromatic rings. The van der Waals surface area contributed by atoms with Crippen molar-refractivity contribution in [3.8, 4) is 0 Å². The van der Waals surface area contributed by atoms with Crippen LogP contribution < -0.4 is 0 Å². The fraction of sp³-hybridized carbons (Fsp3) is 0.750. The standard InChI is InChI=1S/C12H16Cl2O/c1-6-8-4-3-5-9(15)11(8)7(2)10(6)12(13)14/h6-8,11H,3-5H2,1-2H3. The van der Waals surface area contributed by atoms with Crippen molar-refractivity contribution >= 4 is 29.0 Å². The highest BCUT2D eigenvalue weighted by Crippen LogP contribution is 2.52. The molecule has 0 N–H and O–H groups in total. The van der Waals surface area contributed by atoms with Crippen LogP contribution >= 0.6 is 23.2 Å². The van der Waals surface area contributed by atoms with Crippen LogP contribution in [0, 0.1) is 23.7 Å². The van der Waals surface area contributed by atoms with Crippen molar-refractivity contribution in [3.05, 3.63) is 10.1 Å². The number of carbonyl (C=O) groups is 1. The maximum atomic E-state index is 11.9. The van der Waals surface area contributed by atoms with Crippen LogP contribution in [0.3, 0.4) is 0 Å². The van der Waals surface area contributed by atoms with E-state index in [1.165, 1.54) is 0 Å². The van der Waals surface area contributed by atoms with Gasteiger partial charge in [-0.05, 0) is 36.2 Å². The van der Waals surface area contributed by atoms with Crippen molar-refractivity contribution in [1.29, 1.82) is 0 Å². The zero-order valence-corrected chi connectivity index (χ0v) is 10.6. The van der Waals surface area contributed by atoms with Gasteiger partial charge < -0.3 is 0 Å². The summed E-state index contributed by atoms with van der Waals surface area (Å²) in [5, 5.41) is 0. The van der Waals surface area contributed by atoms with Gasteiger partial charge in [-0.2, -0.15) is 0 Å². The minimum Gasteiger partial charge on any atom is -0.299 e. The SMILES string of the molecule is CC1C(=C(Cl)Cl)C(C)C2C(=O)CCCC12. The fourth-order valence-corrected chi connectivity index (χ4v) is 4.18. The second-order valence-electron chi connectivity index (χ2n) is 4.84. The van der Waals surface area contributed by atoms with E-state index in [9.17, 15) is 4.79 Å². The topological polar surface area (TPSA) is 17.1 Å². The quantitative estimate of drug-likeness (QED) is 0.633. The predicted octanol–water partition coefficient (Wildman–Crippen LogP) is 3.95. The Balaban J connectivity index is 2.37. The van der Waals surface area contributed by atoms with Crippen LogP contribution in [0.5, 0.6) is 0 Å². The maximum Gasteiger partial charge on any atom is 0.136 e. The molecule has 2 aliphatic carbocycles. The van der Waals surface area contributed by atoms with E-state index in [-0.39, 0.29) is 11.8 Å². The van der Waals surface area contributed by atoms with Crippen molar-refractivity contribution in [2.24, 2.45) is 23.7 Å². The van der Waals surface area contributed by atoms with Gasteiger partial charge in [0.2, 0.25) is 0 Å². The van der Waals surface area contributed by atoms with E-state index in [1.807, 2.05) is 0 Å². The molecule has 0 amide bonds. The number of fused-ring (bicyclic) bond motifs is 1. The van der Waals surface area contributed by atoms with Gasteiger partial charge in [0, 0.05) is 12.3 Å². The molecular weight excluding hydrogens is 231 g/mol. The minimum absolute atomic E-state index is 0.177. The average molecular weight is 247 g/mol. The fourth-order valence-electron chi connectivity index (χ4n) is 3.49. The third-order valence-corrected chi connectivity index (χ3v) is 4.61. The Morgan fingerprint density at radius 3 is 2.47 bits per heavy atom. The monoisotopic (exact) mass is 246 g/mol. The van der Waals surface area contributed by atoms with Crippen molar-refractivity contribution in [1.82, 2.24) is 0 Å². The maximum absolute atomic E-state index is 11.9. The molecule has 0 aromatic heterocycles. The molecule has 84 valence electrons. The van der Waals surface area contributed by atoms with E-state index in [1.54, 1.807) is 0 Å². The predicted molar refractivity (Wildman–Crippen MR) is 62.9 cm³/mol. The third kappa shape index (κ3) is 1.74. The van der Waals surface area contributed by atoms with Gasteiger partial charge >= 0.3 is 0 Å². The van der Waals surface area contributed by atoms with Crippen LogP contribution in [-0.4, -0.2) is 5.78 Å². The molecular formula is C12H16Cl2O. The van der Waals surface area contributed by atoms with E-state index < -0.39 is 0 Å². The molecule has 4 unspecified atom stereocenters. The molecule has 0 radical (unpaired) electrons. The molecule has 2 fully saturated rings. The van der Waals surface area contributed by atoms with E-state index in [0.717, 1.165) is 24.8 Å². The number of ketones is 1. The molecule has 0 aliphatic heterocycles. The molecule has 3 heteroatoms. The molecule has 0 heterocycles. The summed E-state index contributed by atoms with van der Waals surface area (Å²) >= 11 is 11.8. The highest BCUT2D eigenvalue weighted by molar-refractivity contribution is 6.56. The van der Waals surface area contributed by atoms with E-state index in [4.69, 9.17) is 23.2 Å². The Bertz CT molecular complexity index is 318. The van der Waals surface area contributed by atoms with Gasteiger partial charge in [-0.1, -0.05) is 37.0 Å². The first-order chi connectivity index (χ1) is 7.04. The number of hydrogen-bond acceptors (Lipinski definition) is 1. The summed E-state index contributed by atoms with van der Waals surface area (Å²) < 4.78 is 0.386. The van der Waals surface area contributed by atoms with Crippen molar-refractivity contribution in [2.75, 3.05) is 0 Å². The van der Waals surface area contributed by atoms with Gasteiger partial charge in [-0.15, -0.1) is 0 Å². The van der Waals surface area contributed by atoms with Crippen LogP contribution in [0.25, 0.3) is 0 Å². The number of allylic oxidation sites excluding steroid dienone is 1. The average Bonchev–Trinajstić information content (AvgIpc) is 2.40. The lowest BCUT2D eigenvalue weighted by Crippen LogP contribution is -2.29. The largest absolute Gasteiger partial charge is 0.299 e. The van der Waals surface area contributed by atoms with Gasteiger partial charge in [-0.25, -0.2) is 0 Å². The number of Topliss-reactive ketones (excluding diaryl/α,β-unsaturated/α-hetero) is 1. The minimum atomic E-state index is 0.177. The molecule has 0 aromatic carbocycles. The summed E-state index contributed by atoms with van der Waals surface area (Å²) in [5.74, 6) is 1.68. The first-order valence-corrected chi connectivity index (χ1v) is 6.37. The van der Waals surface area contributed by atoms with E-state index in [2.05, 4.69) is 13.8 Å². The lowest BCUT2D eigenvalue weighted by atomic mass is 9.76. The molecule has 4 atom stereocenters. The van der Waals surface area contributed by atoms with Crippen molar-refractivity contribution in [3.63, 3.8) is 0 Å². The summed E-state index contributed by atoms with van der Waals surface area (Å²) in [5.41, 5.74) is 1.10. The number of carbonyl (C=O) groups excluding carboxylic acids is 1. The first kappa shape index (κ1) is 11.5. The lowest BCUT2D eigenvalue weighted by molar-refractivity contribution is -0.127. The van der Waals surface area contributed by atoms with Crippen LogP contribution in [0.15, 0.2) is 10.1 Å². The zero-order valence-electron chi connectivity index (χ0n) is 9.09. The molecule has 2 saturated carbocycles. The zero-order chi connectivity index (χ0) is 11.2. The molecule has 0 spiro atoms. The molecule has 2 aliphatic rings. The first-order valence-electron chi connectivity index (χ1n) is 5.61. The lowest BCUT2D eigenvalue weighted by Gasteiger charge is -2.27. The van der Waals surface area contributed by atoms with Crippen molar-refractivity contribution in [2.45, 2.75) is 33.1 Å². The summed E-state index contributed by atoms with van der Waals surface area (Å²) in [6.07, 6.45) is 2.92. The van der Waals surface area contributed by atoms with Gasteiger partial charge in [0.1, 0.15) is 10.3 Å². The van der Waals surface area contributed by atoms with Crippen LogP contribution in [0.1, 0.15) is 33.1 Å². The van der Waals surface area contributed by atoms with Gasteiger partial charge in [0.25, 0.3) is 0 Å². The number of rotatable bonds is 0. The highest BCUT2D eigenvalue weighted by atomic mass is 35.5. The van der Waals surface area contributed by atoms with Gasteiger partial charge in [0.05, 0.1) is 0 Å². The molecule has 15 heavy (non-hydrogen) atoms. The van der Waals surface area contributed by atoms with Crippen LogP contribution in [-0.2, 0) is 4.79 Å². The van der Waals surface area contributed by atoms with Crippen molar-refractivity contribution < 1.29 is 4.79 Å². The normalized spacial score (nSPS) is 40.5. The highest BCUT2D eigenvalue weighted by Gasteiger charge is 2.48. The summed E-state index contributed by atoms with van der Waals surface area (Å²) in [4.78, 5) is 11.9. The smallest absolute Gasteiger partial charge is 0.136 e. The summed E-state index contributed by atoms with van der Waals surface area (Å²) in [7, 11) is 0. The van der Waals surface area contributed by atoms with Crippen LogP contribution in [0.4, 0.5) is 0 Å². The number of hydrogen-bond donors (Lipinski definition) is 0. The van der Waals surface area contributed by atoms with Gasteiger partial charge in [-0.3, -0.25) is 4.79 Å². The third-order valence-electron chi connectivity index (χ3n) is 4.17.